The SMILES string of the molecule is CCCC[O][Ti]([CH2]c1ccccc1)([CH2]c1ccccc1)[O]CCCC. The third-order valence-corrected chi connectivity index (χ3v) is 9.60. The van der Waals surface area contributed by atoms with Gasteiger partial charge in [0.2, 0.25) is 0 Å². The second kappa shape index (κ2) is 11.6. The fourth-order valence-corrected chi connectivity index (χ4v) is 8.18. The minimum absolute atomic E-state index is 0.822. The summed E-state index contributed by atoms with van der Waals surface area (Å²) in [6.07, 6.45) is 4.52. The number of benzene rings is 2. The summed E-state index contributed by atoms with van der Waals surface area (Å²) in [5.74, 6) is 0. The van der Waals surface area contributed by atoms with Crippen LogP contribution < -0.4 is 0 Å². The summed E-state index contributed by atoms with van der Waals surface area (Å²) in [4.78, 5) is 0. The molecular formula is C22H32O2Ti. The summed E-state index contributed by atoms with van der Waals surface area (Å²) in [6.45, 7) is 6.07. The van der Waals surface area contributed by atoms with Crippen LogP contribution in [0.2, 0.25) is 0 Å². The number of hydrogen-bond acceptors (Lipinski definition) is 2. The zero-order chi connectivity index (χ0) is 17.8. The molecule has 0 saturated carbocycles. The van der Waals surface area contributed by atoms with Crippen LogP contribution in [0.3, 0.4) is 0 Å². The van der Waals surface area contributed by atoms with Crippen molar-refractivity contribution in [1.29, 1.82) is 0 Å². The maximum atomic E-state index is 6.59. The third kappa shape index (κ3) is 7.46. The first-order chi connectivity index (χ1) is 12.3. The number of hydrogen-bond donors (Lipinski definition) is 0. The standard InChI is InChI=1S/2C7H7.2C4H9O.Ti/c2*1-7-5-3-2-4-6-7;2*1-2-3-4-5;/h2*2-6H,1H2;2*2-4H2,1H3;/q;;2*-1;+2. The molecule has 2 aromatic rings. The molecule has 0 spiro atoms. The summed E-state index contributed by atoms with van der Waals surface area (Å²) < 4.78 is 15.1. The van der Waals surface area contributed by atoms with Gasteiger partial charge >= 0.3 is 158 Å². The van der Waals surface area contributed by atoms with Gasteiger partial charge in [0.15, 0.2) is 0 Å². The molecule has 2 rings (SSSR count). The van der Waals surface area contributed by atoms with Gasteiger partial charge in [-0.1, -0.05) is 0 Å². The van der Waals surface area contributed by atoms with Gasteiger partial charge in [0.05, 0.1) is 0 Å². The second-order valence-electron chi connectivity index (χ2n) is 6.64. The Morgan fingerprint density at radius 1 is 0.640 bits per heavy atom. The van der Waals surface area contributed by atoms with Gasteiger partial charge in [-0.3, -0.25) is 0 Å². The predicted molar refractivity (Wildman–Crippen MR) is 102 cm³/mol. The van der Waals surface area contributed by atoms with Crippen LogP contribution >= 0.6 is 0 Å². The van der Waals surface area contributed by atoms with Gasteiger partial charge in [-0.25, -0.2) is 0 Å². The average Bonchev–Trinajstić information content (AvgIpc) is 2.64. The van der Waals surface area contributed by atoms with Gasteiger partial charge in [0.1, 0.15) is 0 Å². The Morgan fingerprint density at radius 3 is 1.40 bits per heavy atom. The van der Waals surface area contributed by atoms with Crippen LogP contribution in [0.5, 0.6) is 0 Å². The van der Waals surface area contributed by atoms with E-state index in [1.165, 1.54) is 11.1 Å². The summed E-state index contributed by atoms with van der Waals surface area (Å²) in [5.41, 5.74) is 2.68. The van der Waals surface area contributed by atoms with Crippen molar-refractivity contribution in [2.24, 2.45) is 0 Å². The van der Waals surface area contributed by atoms with E-state index in [1.54, 1.807) is 0 Å². The van der Waals surface area contributed by atoms with E-state index in [0.717, 1.165) is 48.3 Å². The molecule has 136 valence electrons. The van der Waals surface area contributed by atoms with Crippen LogP contribution in [0, 0.1) is 0 Å². The van der Waals surface area contributed by atoms with Crippen molar-refractivity contribution in [3.63, 3.8) is 0 Å². The van der Waals surface area contributed by atoms with E-state index >= 15 is 0 Å². The van der Waals surface area contributed by atoms with Crippen molar-refractivity contribution in [1.82, 2.24) is 0 Å². The second-order valence-corrected chi connectivity index (χ2v) is 11.5. The topological polar surface area (TPSA) is 18.5 Å². The first-order valence-corrected chi connectivity index (χ1v) is 13.1. The monoisotopic (exact) mass is 376 g/mol. The van der Waals surface area contributed by atoms with Crippen LogP contribution in [0.4, 0.5) is 0 Å². The molecule has 0 aliphatic carbocycles. The molecule has 0 unspecified atom stereocenters. The fourth-order valence-electron chi connectivity index (χ4n) is 2.93. The Hall–Kier alpha value is -0.926. The van der Waals surface area contributed by atoms with Gasteiger partial charge in [0.25, 0.3) is 0 Å². The molecule has 0 N–H and O–H groups in total. The van der Waals surface area contributed by atoms with Crippen LogP contribution in [0.25, 0.3) is 0 Å². The Labute approximate surface area is 157 Å². The molecule has 25 heavy (non-hydrogen) atoms. The molecular weight excluding hydrogens is 344 g/mol. The maximum absolute atomic E-state index is 6.59. The van der Waals surface area contributed by atoms with Crippen molar-refractivity contribution in [3.8, 4) is 0 Å². The summed E-state index contributed by atoms with van der Waals surface area (Å²) >= 11 is -2.97. The molecule has 0 aromatic heterocycles. The summed E-state index contributed by atoms with van der Waals surface area (Å²) in [6, 6.07) is 21.4. The molecule has 2 nitrogen and oxygen atoms in total. The molecule has 0 aliphatic rings. The Kier molecular flexibility index (Phi) is 9.50. The van der Waals surface area contributed by atoms with Gasteiger partial charge in [0, 0.05) is 0 Å². The van der Waals surface area contributed by atoms with Crippen molar-refractivity contribution in [3.05, 3.63) is 71.8 Å². The van der Waals surface area contributed by atoms with Gasteiger partial charge in [-0.15, -0.1) is 0 Å². The minimum atomic E-state index is -2.97. The third-order valence-electron chi connectivity index (χ3n) is 4.36. The summed E-state index contributed by atoms with van der Waals surface area (Å²) in [5, 5.41) is 0. The van der Waals surface area contributed by atoms with Crippen molar-refractivity contribution in [2.45, 2.75) is 49.0 Å². The fraction of sp³-hybridized carbons (Fsp3) is 0.455. The van der Waals surface area contributed by atoms with Gasteiger partial charge < -0.3 is 0 Å². The van der Waals surface area contributed by atoms with E-state index in [9.17, 15) is 0 Å². The van der Waals surface area contributed by atoms with Gasteiger partial charge in [-0.05, 0) is 0 Å². The van der Waals surface area contributed by atoms with E-state index < -0.39 is 17.4 Å². The molecule has 0 aliphatic heterocycles. The first-order valence-electron chi connectivity index (χ1n) is 9.64. The molecule has 2 aromatic carbocycles. The van der Waals surface area contributed by atoms with Crippen LogP contribution in [-0.4, -0.2) is 13.2 Å². The van der Waals surface area contributed by atoms with E-state index in [-0.39, 0.29) is 0 Å². The number of rotatable bonds is 12. The normalized spacial score (nSPS) is 11.6. The van der Waals surface area contributed by atoms with E-state index in [4.69, 9.17) is 6.64 Å². The average molecular weight is 376 g/mol. The van der Waals surface area contributed by atoms with Crippen LogP contribution in [0.1, 0.15) is 50.7 Å². The van der Waals surface area contributed by atoms with E-state index in [1.807, 2.05) is 0 Å². The molecule has 0 saturated heterocycles. The van der Waals surface area contributed by atoms with Crippen molar-refractivity contribution < 1.29 is 24.0 Å². The molecule has 3 heteroatoms. The molecule has 0 amide bonds. The predicted octanol–water partition coefficient (Wildman–Crippen LogP) is 6.00. The molecule has 0 atom stereocenters. The van der Waals surface area contributed by atoms with Crippen molar-refractivity contribution >= 4 is 0 Å². The zero-order valence-corrected chi connectivity index (χ0v) is 17.3. The molecule has 0 heterocycles. The Morgan fingerprint density at radius 2 is 1.04 bits per heavy atom. The van der Waals surface area contributed by atoms with Crippen molar-refractivity contribution in [2.75, 3.05) is 13.2 Å². The Bertz CT molecular complexity index is 518. The van der Waals surface area contributed by atoms with E-state index in [2.05, 4.69) is 74.5 Å². The number of unbranched alkanes of at least 4 members (excludes halogenated alkanes) is 2. The molecule has 0 bridgehead atoms. The first kappa shape index (κ1) is 20.4. The molecule has 0 fully saturated rings. The van der Waals surface area contributed by atoms with Crippen LogP contribution in [0.15, 0.2) is 60.7 Å². The van der Waals surface area contributed by atoms with Crippen LogP contribution in [-0.2, 0) is 33.5 Å². The van der Waals surface area contributed by atoms with E-state index in [0.29, 0.717) is 0 Å². The van der Waals surface area contributed by atoms with Gasteiger partial charge in [-0.2, -0.15) is 0 Å². The summed E-state index contributed by atoms with van der Waals surface area (Å²) in [7, 11) is 0. The quantitative estimate of drug-likeness (QED) is 0.334. The molecule has 0 radical (unpaired) electrons. The zero-order valence-electron chi connectivity index (χ0n) is 15.7. The Balaban J connectivity index is 2.22.